The molecule has 1 aromatic heterocycles. The van der Waals surface area contributed by atoms with Crippen molar-refractivity contribution in [2.45, 2.75) is 94.9 Å². The van der Waals surface area contributed by atoms with E-state index < -0.39 is 134 Å². The highest BCUT2D eigenvalue weighted by atomic mass is 32.1. The summed E-state index contributed by atoms with van der Waals surface area (Å²) in [6.07, 6.45) is 0.0401. The predicted molar refractivity (Wildman–Crippen MR) is 232 cm³/mol. The zero-order valence-electron chi connectivity index (χ0n) is 35.9. The number of aromatic amines is 1. The SMILES string of the molecule is CC(C)C[C@H](NC(=O)[C@@H](NC(=O)[C@H](CC(N)=O)NC(=O)[C@H](Cc1ccccc1)NC(=O)[C@@H](N)CS)[C@@H](C)O)C(=O)NCC(=O)NCC(=O)N[C@@H](Cc1cnc[nH]1)C(=O)N[C@@H](CO)C(=O)O. The molecule has 16 N–H and O–H groups in total. The number of nitrogens with one attached hydrogen (secondary N) is 9. The van der Waals surface area contributed by atoms with Gasteiger partial charge in [0.25, 0.3) is 0 Å². The van der Waals surface area contributed by atoms with Crippen molar-refractivity contribution in [1.82, 2.24) is 52.5 Å². The smallest absolute Gasteiger partial charge is 0.328 e. The number of primary amides is 1. The van der Waals surface area contributed by atoms with Crippen LogP contribution in [0.25, 0.3) is 0 Å². The van der Waals surface area contributed by atoms with E-state index in [0.29, 0.717) is 11.3 Å². The Morgan fingerprint density at radius 3 is 1.82 bits per heavy atom. The Balaban J connectivity index is 2.11. The van der Waals surface area contributed by atoms with E-state index in [-0.39, 0.29) is 30.9 Å². The number of hydrogen-bond donors (Lipinski definition) is 15. The van der Waals surface area contributed by atoms with Gasteiger partial charge in [0.2, 0.25) is 53.2 Å². The maximum atomic E-state index is 13.6. The molecule has 358 valence electrons. The number of aliphatic hydroxyl groups excluding tert-OH is 2. The van der Waals surface area contributed by atoms with Crippen LogP contribution < -0.4 is 54.0 Å². The lowest BCUT2D eigenvalue weighted by molar-refractivity contribution is -0.143. The number of hydrogen-bond acceptors (Lipinski definition) is 15. The van der Waals surface area contributed by atoms with Gasteiger partial charge in [0, 0.05) is 30.5 Å². The Labute approximate surface area is 378 Å². The molecule has 8 atom stereocenters. The van der Waals surface area contributed by atoms with E-state index in [1.807, 2.05) is 0 Å². The Bertz CT molecular complexity index is 1960. The van der Waals surface area contributed by atoms with Crippen molar-refractivity contribution in [2.75, 3.05) is 25.4 Å². The number of thiol groups is 1. The minimum atomic E-state index is -1.77. The average molecular weight is 935 g/mol. The number of amides is 9. The molecule has 0 spiro atoms. The Morgan fingerprint density at radius 2 is 1.28 bits per heavy atom. The number of carboxylic acid groups (broad SMARTS) is 1. The molecular weight excluding hydrogens is 877 g/mol. The number of carboxylic acids is 1. The number of aliphatic carboxylic acids is 1. The molecule has 9 amide bonds. The second-order valence-corrected chi connectivity index (χ2v) is 15.5. The lowest BCUT2D eigenvalue weighted by atomic mass is 10.0. The molecule has 1 heterocycles. The molecule has 0 radical (unpaired) electrons. The first kappa shape index (κ1) is 54.5. The van der Waals surface area contributed by atoms with Gasteiger partial charge in [-0.05, 0) is 24.8 Å². The first-order chi connectivity index (χ1) is 30.6. The van der Waals surface area contributed by atoms with Crippen LogP contribution in [0.4, 0.5) is 0 Å². The predicted octanol–water partition coefficient (Wildman–Crippen LogP) is -6.03. The van der Waals surface area contributed by atoms with Gasteiger partial charge < -0.3 is 74.3 Å². The Kier molecular flexibility index (Phi) is 23.1. The number of rotatable bonds is 28. The molecule has 2 aromatic rings. The van der Waals surface area contributed by atoms with Crippen molar-refractivity contribution in [2.24, 2.45) is 17.4 Å². The van der Waals surface area contributed by atoms with Gasteiger partial charge in [-0.3, -0.25) is 43.2 Å². The summed E-state index contributed by atoms with van der Waals surface area (Å²) in [6.45, 7) is 2.25. The molecule has 65 heavy (non-hydrogen) atoms. The number of H-pyrrole nitrogens is 1. The standard InChI is InChI=1S/C39H58N12O13S/c1-19(2)9-24(34(58)44-14-30(55)43-15-31(56)46-26(11-22-13-42-18-45-22)36(60)50-28(16-52)39(63)64)49-38(62)32(20(3)53)51-37(61)27(12-29(41)54)48-35(59)25(47-33(57)23(40)17-65)10-21-7-5-4-6-8-21/h4-8,13,18-20,23-28,32,52-53,65H,9-12,14-17,40H2,1-3H3,(H2,41,54)(H,42,45)(H,43,55)(H,44,58)(H,46,56)(H,47,57)(H,48,59)(H,49,62)(H,50,60)(H,51,61)(H,63,64)/t20-,23+,24+,25+,26+,27+,28+,32+/m1/s1. The van der Waals surface area contributed by atoms with Crippen LogP contribution in [0, 0.1) is 5.92 Å². The van der Waals surface area contributed by atoms with E-state index in [4.69, 9.17) is 11.5 Å². The highest BCUT2D eigenvalue weighted by molar-refractivity contribution is 7.80. The summed E-state index contributed by atoms with van der Waals surface area (Å²) in [5.74, 6) is -10.3. The lowest BCUT2D eigenvalue weighted by Crippen LogP contribution is -2.61. The summed E-state index contributed by atoms with van der Waals surface area (Å²) in [7, 11) is 0. The van der Waals surface area contributed by atoms with Gasteiger partial charge in [-0.1, -0.05) is 44.2 Å². The topological polar surface area (TPSA) is 408 Å². The molecule has 0 unspecified atom stereocenters. The third kappa shape index (κ3) is 19.7. The second-order valence-electron chi connectivity index (χ2n) is 15.2. The fraction of sp³-hybridized carbons (Fsp3) is 0.513. The number of nitrogens with two attached hydrogens (primary N) is 2. The van der Waals surface area contributed by atoms with Crippen molar-refractivity contribution in [3.8, 4) is 0 Å². The van der Waals surface area contributed by atoms with Crippen LogP contribution in [-0.2, 0) is 60.8 Å². The van der Waals surface area contributed by atoms with E-state index in [9.17, 15) is 63.3 Å². The van der Waals surface area contributed by atoms with Crippen molar-refractivity contribution >= 4 is 71.8 Å². The second kappa shape index (κ2) is 27.5. The van der Waals surface area contributed by atoms with Gasteiger partial charge in [-0.25, -0.2) is 9.78 Å². The summed E-state index contributed by atoms with van der Waals surface area (Å²) in [6, 6.07) is -1.76. The zero-order chi connectivity index (χ0) is 48.8. The summed E-state index contributed by atoms with van der Waals surface area (Å²) in [5, 5.41) is 47.6. The van der Waals surface area contributed by atoms with E-state index in [1.165, 1.54) is 12.5 Å². The van der Waals surface area contributed by atoms with Crippen molar-refractivity contribution in [1.29, 1.82) is 0 Å². The van der Waals surface area contributed by atoms with Crippen LogP contribution in [0.2, 0.25) is 0 Å². The average Bonchev–Trinajstić information content (AvgIpc) is 3.77. The Morgan fingerprint density at radius 1 is 0.708 bits per heavy atom. The maximum Gasteiger partial charge on any atom is 0.328 e. The quantitative estimate of drug-likeness (QED) is 0.0353. The molecule has 0 aliphatic rings. The van der Waals surface area contributed by atoms with E-state index in [2.05, 4.69) is 65.1 Å². The molecule has 0 aliphatic heterocycles. The summed E-state index contributed by atoms with van der Waals surface area (Å²) < 4.78 is 0. The number of benzene rings is 1. The van der Waals surface area contributed by atoms with Crippen LogP contribution in [0.3, 0.4) is 0 Å². The zero-order valence-corrected chi connectivity index (χ0v) is 36.8. The van der Waals surface area contributed by atoms with Crippen molar-refractivity contribution in [3.05, 3.63) is 54.1 Å². The van der Waals surface area contributed by atoms with E-state index in [0.717, 1.165) is 6.92 Å². The normalized spacial score (nSPS) is 14.6. The van der Waals surface area contributed by atoms with Crippen molar-refractivity contribution in [3.63, 3.8) is 0 Å². The van der Waals surface area contributed by atoms with Crippen molar-refractivity contribution < 1.29 is 63.3 Å². The van der Waals surface area contributed by atoms with Crippen LogP contribution >= 0.6 is 12.6 Å². The molecule has 2 rings (SSSR count). The summed E-state index contributed by atoms with van der Waals surface area (Å²) >= 11 is 4.01. The van der Waals surface area contributed by atoms with Crippen LogP contribution in [-0.4, -0.2) is 158 Å². The molecule has 0 bridgehead atoms. The first-order valence-corrected chi connectivity index (χ1v) is 20.8. The number of aliphatic hydroxyl groups is 2. The Hall–Kier alpha value is -6.64. The molecule has 0 fully saturated rings. The van der Waals surface area contributed by atoms with Gasteiger partial charge in [-0.15, -0.1) is 0 Å². The highest BCUT2D eigenvalue weighted by Gasteiger charge is 2.35. The first-order valence-electron chi connectivity index (χ1n) is 20.2. The number of imidazole rings is 1. The molecule has 0 saturated carbocycles. The number of nitrogens with zero attached hydrogens (tertiary/aromatic N) is 1. The fourth-order valence-corrected chi connectivity index (χ4v) is 5.95. The summed E-state index contributed by atoms with van der Waals surface area (Å²) in [4.78, 5) is 135. The number of carbonyl (C=O) groups is 10. The van der Waals surface area contributed by atoms with Gasteiger partial charge in [-0.2, -0.15) is 12.6 Å². The molecular formula is C39H58N12O13S. The molecule has 1 aromatic carbocycles. The molecule has 0 aliphatic carbocycles. The maximum absolute atomic E-state index is 13.6. The minimum absolute atomic E-state index is 0.00731. The molecule has 25 nitrogen and oxygen atoms in total. The monoisotopic (exact) mass is 934 g/mol. The van der Waals surface area contributed by atoms with Crippen LogP contribution in [0.1, 0.15) is 44.9 Å². The molecule has 26 heteroatoms. The van der Waals surface area contributed by atoms with Gasteiger partial charge in [0.05, 0.1) is 44.6 Å². The third-order valence-corrected chi connectivity index (χ3v) is 9.58. The number of carbonyl (C=O) groups excluding carboxylic acids is 9. The van der Waals surface area contributed by atoms with E-state index >= 15 is 0 Å². The van der Waals surface area contributed by atoms with Crippen LogP contribution in [0.15, 0.2) is 42.9 Å². The van der Waals surface area contributed by atoms with Gasteiger partial charge in [0.1, 0.15) is 36.3 Å². The van der Waals surface area contributed by atoms with Gasteiger partial charge in [0.15, 0.2) is 0 Å². The van der Waals surface area contributed by atoms with Gasteiger partial charge >= 0.3 is 5.97 Å². The lowest BCUT2D eigenvalue weighted by Gasteiger charge is -2.28. The minimum Gasteiger partial charge on any atom is -0.480 e. The third-order valence-electron chi connectivity index (χ3n) is 9.19. The summed E-state index contributed by atoms with van der Waals surface area (Å²) in [5.41, 5.74) is 12.2. The number of aromatic nitrogens is 2. The fourth-order valence-electron chi connectivity index (χ4n) is 5.79. The largest absolute Gasteiger partial charge is 0.480 e. The highest BCUT2D eigenvalue weighted by Crippen LogP contribution is 2.09. The molecule has 0 saturated heterocycles. The van der Waals surface area contributed by atoms with Crippen LogP contribution in [0.5, 0.6) is 0 Å². The van der Waals surface area contributed by atoms with E-state index in [1.54, 1.807) is 44.2 Å².